The van der Waals surface area contributed by atoms with E-state index in [2.05, 4.69) is 0 Å². The fourth-order valence-electron chi connectivity index (χ4n) is 2.63. The Labute approximate surface area is 143 Å². The van der Waals surface area contributed by atoms with Crippen molar-refractivity contribution in [2.45, 2.75) is 0 Å². The molecule has 4 rings (SSSR count). The first-order valence-electron chi connectivity index (χ1n) is 7.62. The van der Waals surface area contributed by atoms with Crippen LogP contribution in [0.2, 0.25) is 0 Å². The van der Waals surface area contributed by atoms with Gasteiger partial charge in [0.15, 0.2) is 0 Å². The van der Waals surface area contributed by atoms with Crippen molar-refractivity contribution in [1.82, 2.24) is 9.55 Å². The van der Waals surface area contributed by atoms with Crippen LogP contribution in [0.5, 0.6) is 0 Å². The fraction of sp³-hybridized carbons (Fsp3) is 0. The van der Waals surface area contributed by atoms with Gasteiger partial charge < -0.3 is 0 Å². The number of rotatable bonds is 3. The maximum atomic E-state index is 13.0. The molecule has 2 aromatic carbocycles. The molecule has 0 fully saturated rings. The van der Waals surface area contributed by atoms with Crippen LogP contribution in [0.3, 0.4) is 0 Å². The summed E-state index contributed by atoms with van der Waals surface area (Å²) in [5.74, 6) is 0.623. The molecule has 0 radical (unpaired) electrons. The third kappa shape index (κ3) is 2.68. The van der Waals surface area contributed by atoms with Gasteiger partial charge in [0.1, 0.15) is 5.82 Å². The fourth-order valence-corrected chi connectivity index (χ4v) is 3.25. The van der Waals surface area contributed by atoms with Crippen LogP contribution in [0.25, 0.3) is 28.7 Å². The van der Waals surface area contributed by atoms with Crippen LogP contribution in [0, 0.1) is 0 Å². The molecule has 0 spiro atoms. The molecule has 0 unspecified atom stereocenters. The van der Waals surface area contributed by atoms with Crippen molar-refractivity contribution in [2.24, 2.45) is 0 Å². The van der Waals surface area contributed by atoms with Gasteiger partial charge in [0.25, 0.3) is 5.56 Å². The average molecular weight is 330 g/mol. The summed E-state index contributed by atoms with van der Waals surface area (Å²) in [7, 11) is 0. The van der Waals surface area contributed by atoms with E-state index < -0.39 is 0 Å². The van der Waals surface area contributed by atoms with Crippen molar-refractivity contribution in [3.8, 4) is 5.69 Å². The zero-order chi connectivity index (χ0) is 16.4. The Morgan fingerprint density at radius 2 is 1.67 bits per heavy atom. The highest BCUT2D eigenvalue weighted by Crippen LogP contribution is 2.16. The standard InChI is InChI=1S/C20H14N2OS/c23-20-17-10-4-5-11-18(17)21-19(13-12-16-9-6-14-24-16)22(20)15-7-2-1-3-8-15/h1-14H. The number of nitrogens with zero attached hydrogens (tertiary/aromatic N) is 2. The minimum atomic E-state index is -0.0578. The van der Waals surface area contributed by atoms with Gasteiger partial charge in [-0.05, 0) is 47.9 Å². The van der Waals surface area contributed by atoms with E-state index in [-0.39, 0.29) is 5.56 Å². The zero-order valence-electron chi connectivity index (χ0n) is 12.8. The van der Waals surface area contributed by atoms with Gasteiger partial charge in [0.05, 0.1) is 16.6 Å². The maximum absolute atomic E-state index is 13.0. The van der Waals surface area contributed by atoms with Gasteiger partial charge in [-0.1, -0.05) is 36.4 Å². The Morgan fingerprint density at radius 3 is 2.46 bits per heavy atom. The second-order valence-corrected chi connectivity index (χ2v) is 6.29. The molecule has 2 aromatic heterocycles. The molecule has 4 aromatic rings. The summed E-state index contributed by atoms with van der Waals surface area (Å²) in [5.41, 5.74) is 1.46. The monoisotopic (exact) mass is 330 g/mol. The molecule has 0 atom stereocenters. The summed E-state index contributed by atoms with van der Waals surface area (Å²) in [6, 6.07) is 21.1. The highest BCUT2D eigenvalue weighted by molar-refractivity contribution is 7.10. The van der Waals surface area contributed by atoms with Gasteiger partial charge in [-0.15, -0.1) is 11.3 Å². The molecule has 0 N–H and O–H groups in total. The molecular formula is C20H14N2OS. The normalized spacial score (nSPS) is 11.3. The van der Waals surface area contributed by atoms with Crippen molar-refractivity contribution in [3.63, 3.8) is 0 Å². The highest BCUT2D eigenvalue weighted by atomic mass is 32.1. The lowest BCUT2D eigenvalue weighted by Crippen LogP contribution is -2.22. The van der Waals surface area contributed by atoms with Crippen molar-refractivity contribution in [1.29, 1.82) is 0 Å². The molecule has 0 aliphatic heterocycles. The van der Waals surface area contributed by atoms with Gasteiger partial charge in [-0.3, -0.25) is 9.36 Å². The molecule has 4 heteroatoms. The number of hydrogen-bond acceptors (Lipinski definition) is 3. The van der Waals surface area contributed by atoms with Crippen LogP contribution in [0.4, 0.5) is 0 Å². The summed E-state index contributed by atoms with van der Waals surface area (Å²) in [4.78, 5) is 18.8. The van der Waals surface area contributed by atoms with Crippen molar-refractivity contribution in [3.05, 3.63) is 93.2 Å². The Bertz CT molecular complexity index is 1060. The van der Waals surface area contributed by atoms with Crippen molar-refractivity contribution in [2.75, 3.05) is 0 Å². The minimum absolute atomic E-state index is 0.0578. The van der Waals surface area contributed by atoms with Crippen LogP contribution < -0.4 is 5.56 Å². The Hall–Kier alpha value is -2.98. The smallest absolute Gasteiger partial charge is 0.266 e. The van der Waals surface area contributed by atoms with E-state index in [1.807, 2.05) is 84.3 Å². The molecule has 0 saturated heterocycles. The molecule has 0 bridgehead atoms. The summed E-state index contributed by atoms with van der Waals surface area (Å²) < 4.78 is 1.66. The summed E-state index contributed by atoms with van der Waals surface area (Å²) in [6.45, 7) is 0. The average Bonchev–Trinajstić information content (AvgIpc) is 3.14. The quantitative estimate of drug-likeness (QED) is 0.549. The van der Waals surface area contributed by atoms with Crippen LogP contribution in [-0.2, 0) is 0 Å². The van der Waals surface area contributed by atoms with E-state index in [1.54, 1.807) is 15.9 Å². The largest absolute Gasteiger partial charge is 0.268 e. The third-order valence-electron chi connectivity index (χ3n) is 3.76. The van der Waals surface area contributed by atoms with E-state index in [0.717, 1.165) is 10.6 Å². The number of aromatic nitrogens is 2. The molecule has 0 saturated carbocycles. The SMILES string of the molecule is O=c1c2ccccc2nc(C=Cc2cccs2)n1-c1ccccc1. The molecule has 0 aliphatic carbocycles. The predicted octanol–water partition coefficient (Wildman–Crippen LogP) is 4.62. The van der Waals surface area contributed by atoms with Gasteiger partial charge in [0.2, 0.25) is 0 Å². The number of fused-ring (bicyclic) bond motifs is 1. The lowest BCUT2D eigenvalue weighted by Gasteiger charge is -2.11. The number of para-hydroxylation sites is 2. The van der Waals surface area contributed by atoms with Crippen molar-refractivity contribution >= 4 is 34.4 Å². The lowest BCUT2D eigenvalue weighted by atomic mass is 10.2. The Kier molecular flexibility index (Phi) is 3.81. The molecule has 116 valence electrons. The summed E-state index contributed by atoms with van der Waals surface area (Å²) in [6.07, 6.45) is 3.88. The van der Waals surface area contributed by atoms with E-state index >= 15 is 0 Å². The Balaban J connectivity index is 1.98. The first-order valence-corrected chi connectivity index (χ1v) is 8.50. The van der Waals surface area contributed by atoms with Crippen LogP contribution in [0.15, 0.2) is 76.9 Å². The number of benzene rings is 2. The Morgan fingerprint density at radius 1 is 0.875 bits per heavy atom. The van der Waals surface area contributed by atoms with E-state index in [0.29, 0.717) is 16.7 Å². The minimum Gasteiger partial charge on any atom is -0.268 e. The second kappa shape index (κ2) is 6.26. The van der Waals surface area contributed by atoms with Gasteiger partial charge in [-0.2, -0.15) is 0 Å². The molecule has 2 heterocycles. The van der Waals surface area contributed by atoms with E-state index in [1.165, 1.54) is 0 Å². The summed E-state index contributed by atoms with van der Waals surface area (Å²) in [5, 5.41) is 2.65. The molecule has 3 nitrogen and oxygen atoms in total. The van der Waals surface area contributed by atoms with E-state index in [9.17, 15) is 4.79 Å². The summed E-state index contributed by atoms with van der Waals surface area (Å²) >= 11 is 1.65. The van der Waals surface area contributed by atoms with Gasteiger partial charge in [-0.25, -0.2) is 4.98 Å². The van der Waals surface area contributed by atoms with Crippen LogP contribution in [0.1, 0.15) is 10.7 Å². The number of thiophene rings is 1. The highest BCUT2D eigenvalue weighted by Gasteiger charge is 2.10. The lowest BCUT2D eigenvalue weighted by molar-refractivity contribution is 0.944. The topological polar surface area (TPSA) is 34.9 Å². The van der Waals surface area contributed by atoms with Crippen LogP contribution in [-0.4, -0.2) is 9.55 Å². The molecule has 24 heavy (non-hydrogen) atoms. The van der Waals surface area contributed by atoms with E-state index in [4.69, 9.17) is 4.98 Å². The second-order valence-electron chi connectivity index (χ2n) is 5.31. The first-order chi connectivity index (χ1) is 11.8. The van der Waals surface area contributed by atoms with Crippen LogP contribution >= 0.6 is 11.3 Å². The molecular weight excluding hydrogens is 316 g/mol. The number of hydrogen-bond donors (Lipinski definition) is 0. The molecule has 0 amide bonds. The zero-order valence-corrected chi connectivity index (χ0v) is 13.6. The molecule has 0 aliphatic rings. The van der Waals surface area contributed by atoms with Crippen molar-refractivity contribution < 1.29 is 0 Å². The first kappa shape index (κ1) is 14.6. The predicted molar refractivity (Wildman–Crippen MR) is 101 cm³/mol. The van der Waals surface area contributed by atoms with Gasteiger partial charge >= 0.3 is 0 Å². The van der Waals surface area contributed by atoms with Gasteiger partial charge in [0, 0.05) is 4.88 Å². The third-order valence-corrected chi connectivity index (χ3v) is 4.59. The maximum Gasteiger partial charge on any atom is 0.266 e.